The van der Waals surface area contributed by atoms with Crippen molar-refractivity contribution in [3.63, 3.8) is 0 Å². The standard InChI is InChI=1S/C12H18ClN5O4/c1-7(16-11(19)22-12(2,3)4)5-14-9-8(18(20)21)6-15-10(13)17-9/h6-7H,5H2,1-4H3,(H,16,19)(H,14,15,17). The van der Waals surface area contributed by atoms with Crippen LogP contribution in [-0.2, 0) is 4.74 Å². The molecule has 0 aliphatic carbocycles. The van der Waals surface area contributed by atoms with Gasteiger partial charge in [0.1, 0.15) is 11.8 Å². The maximum Gasteiger partial charge on any atom is 0.407 e. The molecule has 0 fully saturated rings. The molecule has 1 amide bonds. The first-order chi connectivity index (χ1) is 10.1. The highest BCUT2D eigenvalue weighted by atomic mass is 35.5. The molecule has 1 atom stereocenters. The van der Waals surface area contributed by atoms with E-state index in [-0.39, 0.29) is 29.4 Å². The number of halogens is 1. The SMILES string of the molecule is CC(CNc1nc(Cl)ncc1[N+](=O)[O-])NC(=O)OC(C)(C)C. The fraction of sp³-hybridized carbons (Fsp3) is 0.583. The number of aromatic nitrogens is 2. The summed E-state index contributed by atoms with van der Waals surface area (Å²) < 4.78 is 5.11. The van der Waals surface area contributed by atoms with Gasteiger partial charge < -0.3 is 15.4 Å². The summed E-state index contributed by atoms with van der Waals surface area (Å²) in [6.45, 7) is 7.17. The lowest BCUT2D eigenvalue weighted by atomic mass is 10.2. The summed E-state index contributed by atoms with van der Waals surface area (Å²) in [4.78, 5) is 29.2. The van der Waals surface area contributed by atoms with Crippen LogP contribution in [0.2, 0.25) is 5.28 Å². The average molecular weight is 332 g/mol. The van der Waals surface area contributed by atoms with E-state index in [0.29, 0.717) is 0 Å². The van der Waals surface area contributed by atoms with Crippen LogP contribution < -0.4 is 10.6 Å². The number of nitro groups is 1. The molecule has 1 heterocycles. The lowest BCUT2D eigenvalue weighted by molar-refractivity contribution is -0.384. The fourth-order valence-corrected chi connectivity index (χ4v) is 1.56. The molecule has 0 radical (unpaired) electrons. The number of amides is 1. The number of nitrogens with zero attached hydrogens (tertiary/aromatic N) is 3. The summed E-state index contributed by atoms with van der Waals surface area (Å²) in [6, 6.07) is -0.344. The highest BCUT2D eigenvalue weighted by Gasteiger charge is 2.20. The van der Waals surface area contributed by atoms with E-state index in [1.807, 2.05) is 0 Å². The topological polar surface area (TPSA) is 119 Å². The van der Waals surface area contributed by atoms with Gasteiger partial charge in [0.25, 0.3) is 0 Å². The van der Waals surface area contributed by atoms with Gasteiger partial charge in [-0.05, 0) is 39.3 Å². The van der Waals surface area contributed by atoms with Gasteiger partial charge in [-0.15, -0.1) is 0 Å². The first kappa shape index (κ1) is 17.9. The van der Waals surface area contributed by atoms with E-state index in [4.69, 9.17) is 16.3 Å². The largest absolute Gasteiger partial charge is 0.444 e. The molecule has 1 unspecified atom stereocenters. The second-order valence-corrected chi connectivity index (χ2v) is 5.90. The van der Waals surface area contributed by atoms with Gasteiger partial charge in [-0.1, -0.05) is 0 Å². The van der Waals surface area contributed by atoms with Crippen molar-refractivity contribution in [2.24, 2.45) is 0 Å². The number of hydrogen-bond donors (Lipinski definition) is 2. The predicted molar refractivity (Wildman–Crippen MR) is 81.0 cm³/mol. The van der Waals surface area contributed by atoms with Gasteiger partial charge in [0.05, 0.1) is 4.92 Å². The molecule has 0 aromatic carbocycles. The number of nitrogens with one attached hydrogen (secondary N) is 2. The molecule has 0 aliphatic rings. The van der Waals surface area contributed by atoms with Crippen molar-refractivity contribution >= 4 is 29.2 Å². The van der Waals surface area contributed by atoms with Crippen LogP contribution in [-0.4, -0.2) is 39.2 Å². The molecule has 22 heavy (non-hydrogen) atoms. The molecule has 122 valence electrons. The van der Waals surface area contributed by atoms with E-state index in [0.717, 1.165) is 6.20 Å². The molecule has 1 aromatic rings. The number of ether oxygens (including phenoxy) is 1. The average Bonchev–Trinajstić information content (AvgIpc) is 2.33. The second kappa shape index (κ2) is 7.21. The summed E-state index contributed by atoms with van der Waals surface area (Å²) in [5, 5.41) is 16.1. The molecule has 10 heteroatoms. The molecule has 1 rings (SSSR count). The third-order valence-electron chi connectivity index (χ3n) is 2.28. The van der Waals surface area contributed by atoms with Crippen molar-refractivity contribution in [1.82, 2.24) is 15.3 Å². The van der Waals surface area contributed by atoms with Crippen LogP contribution in [0.25, 0.3) is 0 Å². The summed E-state index contributed by atoms with van der Waals surface area (Å²) in [5.41, 5.74) is -0.898. The highest BCUT2D eigenvalue weighted by Crippen LogP contribution is 2.21. The lowest BCUT2D eigenvalue weighted by Crippen LogP contribution is -2.40. The summed E-state index contributed by atoms with van der Waals surface area (Å²) in [6.07, 6.45) is 0.445. The van der Waals surface area contributed by atoms with Crippen LogP contribution in [0.1, 0.15) is 27.7 Å². The van der Waals surface area contributed by atoms with Gasteiger partial charge in [-0.25, -0.2) is 9.78 Å². The third kappa shape index (κ3) is 6.08. The minimum absolute atomic E-state index is 0.0113. The minimum Gasteiger partial charge on any atom is -0.444 e. The molecular weight excluding hydrogens is 314 g/mol. The van der Waals surface area contributed by atoms with Crippen molar-refractivity contribution < 1.29 is 14.5 Å². The van der Waals surface area contributed by atoms with E-state index >= 15 is 0 Å². The molecule has 0 bridgehead atoms. The van der Waals surface area contributed by atoms with Crippen molar-refractivity contribution in [3.05, 3.63) is 21.6 Å². The summed E-state index contributed by atoms with van der Waals surface area (Å²) in [5.74, 6) is -0.0113. The number of hydrogen-bond acceptors (Lipinski definition) is 7. The molecule has 0 saturated carbocycles. The van der Waals surface area contributed by atoms with Crippen LogP contribution in [0.3, 0.4) is 0 Å². The molecule has 0 aliphatic heterocycles. The van der Waals surface area contributed by atoms with Crippen LogP contribution >= 0.6 is 11.6 Å². The quantitative estimate of drug-likeness (QED) is 0.482. The summed E-state index contributed by atoms with van der Waals surface area (Å²) in [7, 11) is 0. The summed E-state index contributed by atoms with van der Waals surface area (Å²) >= 11 is 5.62. The van der Waals surface area contributed by atoms with Gasteiger partial charge in [0.2, 0.25) is 11.1 Å². The zero-order chi connectivity index (χ0) is 16.9. The van der Waals surface area contributed by atoms with Crippen LogP contribution in [0.4, 0.5) is 16.3 Å². The van der Waals surface area contributed by atoms with Gasteiger partial charge in [0.15, 0.2) is 0 Å². The Bertz CT molecular complexity index is 561. The maximum atomic E-state index is 11.6. The van der Waals surface area contributed by atoms with Gasteiger partial charge in [-0.3, -0.25) is 10.1 Å². The molecule has 1 aromatic heterocycles. The van der Waals surface area contributed by atoms with Crippen molar-refractivity contribution in [2.45, 2.75) is 39.3 Å². The normalized spacial score (nSPS) is 12.4. The Morgan fingerprint density at radius 3 is 2.73 bits per heavy atom. The van der Waals surface area contributed by atoms with E-state index < -0.39 is 16.6 Å². The van der Waals surface area contributed by atoms with E-state index in [2.05, 4.69) is 20.6 Å². The number of anilines is 1. The Hall–Kier alpha value is -2.16. The van der Waals surface area contributed by atoms with Crippen molar-refractivity contribution in [1.29, 1.82) is 0 Å². The van der Waals surface area contributed by atoms with E-state index in [1.54, 1.807) is 27.7 Å². The number of alkyl carbamates (subject to hydrolysis) is 1. The van der Waals surface area contributed by atoms with Gasteiger partial charge in [-0.2, -0.15) is 4.98 Å². The fourth-order valence-electron chi connectivity index (χ4n) is 1.43. The first-order valence-electron chi connectivity index (χ1n) is 6.49. The van der Waals surface area contributed by atoms with Crippen molar-refractivity contribution in [3.8, 4) is 0 Å². The Morgan fingerprint density at radius 1 is 1.55 bits per heavy atom. The number of carbonyl (C=O) groups is 1. The maximum absolute atomic E-state index is 11.6. The first-order valence-corrected chi connectivity index (χ1v) is 6.86. The molecule has 0 spiro atoms. The zero-order valence-corrected chi connectivity index (χ0v) is 13.5. The molecule has 2 N–H and O–H groups in total. The monoisotopic (exact) mass is 331 g/mol. The molecule has 0 saturated heterocycles. The molecular formula is C12H18ClN5O4. The Kier molecular flexibility index (Phi) is 5.86. The smallest absolute Gasteiger partial charge is 0.407 e. The van der Waals surface area contributed by atoms with Crippen LogP contribution in [0.5, 0.6) is 0 Å². The Morgan fingerprint density at radius 2 is 2.18 bits per heavy atom. The van der Waals surface area contributed by atoms with Crippen LogP contribution in [0.15, 0.2) is 6.20 Å². The van der Waals surface area contributed by atoms with E-state index in [9.17, 15) is 14.9 Å². The third-order valence-corrected chi connectivity index (χ3v) is 2.46. The van der Waals surface area contributed by atoms with Crippen molar-refractivity contribution in [2.75, 3.05) is 11.9 Å². The number of carbonyl (C=O) groups excluding carboxylic acids is 1. The predicted octanol–water partition coefficient (Wildman–Crippen LogP) is 2.36. The van der Waals surface area contributed by atoms with Gasteiger partial charge in [0, 0.05) is 12.6 Å². The minimum atomic E-state index is -0.620. The number of rotatable bonds is 5. The Labute approximate surface area is 132 Å². The zero-order valence-electron chi connectivity index (χ0n) is 12.7. The Balaban J connectivity index is 2.61. The van der Waals surface area contributed by atoms with Gasteiger partial charge >= 0.3 is 11.8 Å². The van der Waals surface area contributed by atoms with E-state index in [1.165, 1.54) is 0 Å². The second-order valence-electron chi connectivity index (χ2n) is 5.56. The molecule has 9 nitrogen and oxygen atoms in total. The van der Waals surface area contributed by atoms with Crippen LogP contribution in [0, 0.1) is 10.1 Å². The highest BCUT2D eigenvalue weighted by molar-refractivity contribution is 6.28. The lowest BCUT2D eigenvalue weighted by Gasteiger charge is -2.22.